The van der Waals surface area contributed by atoms with Gasteiger partial charge in [-0.1, -0.05) is 29.8 Å². The van der Waals surface area contributed by atoms with Crippen molar-refractivity contribution in [1.82, 2.24) is 15.0 Å². The van der Waals surface area contributed by atoms with Crippen LogP contribution >= 0.6 is 11.6 Å². The summed E-state index contributed by atoms with van der Waals surface area (Å²) in [6.07, 6.45) is 3.47. The summed E-state index contributed by atoms with van der Waals surface area (Å²) in [6, 6.07) is 13.3. The van der Waals surface area contributed by atoms with Crippen LogP contribution in [0.1, 0.15) is 0 Å². The Labute approximate surface area is 155 Å². The Morgan fingerprint density at radius 1 is 1.19 bits per heavy atom. The molecule has 2 aromatic carbocycles. The molecule has 0 aliphatic rings. The first-order chi connectivity index (χ1) is 12.7. The van der Waals surface area contributed by atoms with Crippen LogP contribution in [-0.2, 0) is 0 Å². The van der Waals surface area contributed by atoms with Crippen molar-refractivity contribution in [3.05, 3.63) is 59.9 Å². The lowest BCUT2D eigenvalue weighted by molar-refractivity contribution is 0.417. The number of hydrogen-bond donors (Lipinski definition) is 3. The molecule has 0 bridgehead atoms. The van der Waals surface area contributed by atoms with Gasteiger partial charge in [0.2, 0.25) is 5.95 Å². The number of hydrogen-bond acceptors (Lipinski definition) is 5. The van der Waals surface area contributed by atoms with Gasteiger partial charge in [-0.2, -0.15) is 0 Å². The molecule has 130 valence electrons. The van der Waals surface area contributed by atoms with Crippen LogP contribution in [0.5, 0.6) is 5.75 Å². The van der Waals surface area contributed by atoms with Gasteiger partial charge in [-0.25, -0.2) is 9.97 Å². The van der Waals surface area contributed by atoms with E-state index in [0.717, 1.165) is 16.5 Å². The maximum absolute atomic E-state index is 6.36. The molecule has 2 aromatic heterocycles. The number of nitrogens with zero attached hydrogens (tertiary/aromatic N) is 2. The number of ether oxygens (including phenoxy) is 1. The zero-order valence-electron chi connectivity index (χ0n) is 14.0. The van der Waals surface area contributed by atoms with E-state index in [1.54, 1.807) is 31.5 Å². The first-order valence-electron chi connectivity index (χ1n) is 7.95. The number of nitrogens with two attached hydrogens (primary N) is 1. The molecule has 0 fully saturated rings. The number of anilines is 3. The van der Waals surface area contributed by atoms with Crippen molar-refractivity contribution in [2.75, 3.05) is 18.2 Å². The van der Waals surface area contributed by atoms with Crippen LogP contribution in [0.4, 0.5) is 17.3 Å². The van der Waals surface area contributed by atoms with E-state index in [1.165, 1.54) is 0 Å². The topological polar surface area (TPSA) is 88.9 Å². The van der Waals surface area contributed by atoms with Crippen LogP contribution in [-0.4, -0.2) is 22.1 Å². The second-order valence-corrected chi connectivity index (χ2v) is 6.13. The third-order valence-electron chi connectivity index (χ3n) is 4.06. The minimum absolute atomic E-state index is 0.401. The first kappa shape index (κ1) is 16.2. The second-order valence-electron chi connectivity index (χ2n) is 5.72. The lowest BCUT2D eigenvalue weighted by Crippen LogP contribution is -2.01. The highest BCUT2D eigenvalue weighted by atomic mass is 35.5. The van der Waals surface area contributed by atoms with Crippen molar-refractivity contribution in [2.24, 2.45) is 0 Å². The average molecular weight is 366 g/mol. The minimum atomic E-state index is 0.401. The number of para-hydroxylation sites is 1. The van der Waals surface area contributed by atoms with Crippen LogP contribution in [0, 0.1) is 0 Å². The van der Waals surface area contributed by atoms with Crippen LogP contribution in [0.3, 0.4) is 0 Å². The molecule has 4 aromatic rings. The first-order valence-corrected chi connectivity index (χ1v) is 8.33. The number of fused-ring (bicyclic) bond motifs is 1. The smallest absolute Gasteiger partial charge is 0.227 e. The zero-order valence-corrected chi connectivity index (χ0v) is 14.7. The molecule has 0 unspecified atom stereocenters. The number of halogens is 1. The van der Waals surface area contributed by atoms with Gasteiger partial charge in [-0.15, -0.1) is 0 Å². The van der Waals surface area contributed by atoms with Crippen molar-refractivity contribution in [2.45, 2.75) is 0 Å². The number of methoxy groups -OCH3 is 1. The molecule has 0 saturated heterocycles. The second kappa shape index (κ2) is 6.57. The Morgan fingerprint density at radius 3 is 2.88 bits per heavy atom. The van der Waals surface area contributed by atoms with Gasteiger partial charge in [0, 0.05) is 28.4 Å². The van der Waals surface area contributed by atoms with Gasteiger partial charge >= 0.3 is 0 Å². The van der Waals surface area contributed by atoms with Crippen molar-refractivity contribution >= 4 is 39.8 Å². The fraction of sp³-hybridized carbons (Fsp3) is 0.0526. The van der Waals surface area contributed by atoms with Crippen molar-refractivity contribution in [3.8, 4) is 17.0 Å². The van der Waals surface area contributed by atoms with E-state index in [1.807, 2.05) is 30.5 Å². The number of nitrogens with one attached hydrogen (secondary N) is 2. The monoisotopic (exact) mass is 365 g/mol. The predicted octanol–water partition coefficient (Wildman–Crippen LogP) is 4.61. The van der Waals surface area contributed by atoms with E-state index >= 15 is 0 Å². The molecule has 0 aliphatic heterocycles. The normalized spacial score (nSPS) is 10.8. The highest BCUT2D eigenvalue weighted by molar-refractivity contribution is 6.33. The number of aromatic amines is 1. The van der Waals surface area contributed by atoms with E-state index in [2.05, 4.69) is 20.3 Å². The van der Waals surface area contributed by atoms with Gasteiger partial charge in [0.05, 0.1) is 29.7 Å². The number of nitrogen functional groups attached to an aromatic ring is 1. The number of aromatic nitrogens is 3. The van der Waals surface area contributed by atoms with Crippen LogP contribution in [0.2, 0.25) is 5.02 Å². The SMILES string of the molecule is COc1ccc(N)cc1Nc1ncc(Cl)c(-c2c[nH]c3ccccc23)n1. The highest BCUT2D eigenvalue weighted by Crippen LogP contribution is 2.34. The summed E-state index contributed by atoms with van der Waals surface area (Å²) >= 11 is 6.36. The molecule has 0 aliphatic carbocycles. The van der Waals surface area contributed by atoms with E-state index in [-0.39, 0.29) is 0 Å². The van der Waals surface area contributed by atoms with Gasteiger partial charge in [-0.3, -0.25) is 0 Å². The molecule has 0 saturated carbocycles. The summed E-state index contributed by atoms with van der Waals surface area (Å²) in [6.45, 7) is 0. The van der Waals surface area contributed by atoms with Gasteiger partial charge in [-0.05, 0) is 24.3 Å². The molecular formula is C19H16ClN5O. The van der Waals surface area contributed by atoms with Gasteiger partial charge in [0.25, 0.3) is 0 Å². The Morgan fingerprint density at radius 2 is 2.04 bits per heavy atom. The average Bonchev–Trinajstić information content (AvgIpc) is 3.07. The molecule has 4 N–H and O–H groups in total. The molecule has 7 heteroatoms. The molecule has 0 spiro atoms. The van der Waals surface area contributed by atoms with Crippen molar-refractivity contribution in [3.63, 3.8) is 0 Å². The van der Waals surface area contributed by atoms with Crippen LogP contribution in [0.25, 0.3) is 22.2 Å². The van der Waals surface area contributed by atoms with Gasteiger partial charge in [0.15, 0.2) is 0 Å². The largest absolute Gasteiger partial charge is 0.495 e. The summed E-state index contributed by atoms with van der Waals surface area (Å²) in [4.78, 5) is 12.1. The van der Waals surface area contributed by atoms with Gasteiger partial charge < -0.3 is 20.8 Å². The molecule has 6 nitrogen and oxygen atoms in total. The van der Waals surface area contributed by atoms with Crippen LogP contribution in [0.15, 0.2) is 54.9 Å². The molecular weight excluding hydrogens is 350 g/mol. The molecule has 0 atom stereocenters. The summed E-state index contributed by atoms with van der Waals surface area (Å²) < 4.78 is 5.35. The minimum Gasteiger partial charge on any atom is -0.495 e. The summed E-state index contributed by atoms with van der Waals surface area (Å²) in [5.41, 5.74) is 9.73. The fourth-order valence-corrected chi connectivity index (χ4v) is 3.02. The highest BCUT2D eigenvalue weighted by Gasteiger charge is 2.14. The Hall–Kier alpha value is -3.25. The van der Waals surface area contributed by atoms with E-state index in [0.29, 0.717) is 33.8 Å². The molecule has 0 radical (unpaired) electrons. The van der Waals surface area contributed by atoms with Gasteiger partial charge in [0.1, 0.15) is 5.75 Å². The predicted molar refractivity (Wildman–Crippen MR) is 105 cm³/mol. The third-order valence-corrected chi connectivity index (χ3v) is 4.34. The summed E-state index contributed by atoms with van der Waals surface area (Å²) in [5, 5.41) is 4.66. The molecule has 26 heavy (non-hydrogen) atoms. The van der Waals surface area contributed by atoms with E-state index in [4.69, 9.17) is 22.1 Å². The number of rotatable bonds is 4. The Balaban J connectivity index is 1.77. The maximum Gasteiger partial charge on any atom is 0.227 e. The lowest BCUT2D eigenvalue weighted by Gasteiger charge is -2.12. The lowest BCUT2D eigenvalue weighted by atomic mass is 10.1. The van der Waals surface area contributed by atoms with E-state index in [9.17, 15) is 0 Å². The molecule has 2 heterocycles. The van der Waals surface area contributed by atoms with E-state index < -0.39 is 0 Å². The third kappa shape index (κ3) is 2.91. The Bertz CT molecular complexity index is 1090. The zero-order chi connectivity index (χ0) is 18.1. The number of H-pyrrole nitrogens is 1. The van der Waals surface area contributed by atoms with Crippen molar-refractivity contribution < 1.29 is 4.74 Å². The fourth-order valence-electron chi connectivity index (χ4n) is 2.83. The van der Waals surface area contributed by atoms with Crippen molar-refractivity contribution in [1.29, 1.82) is 0 Å². The quantitative estimate of drug-likeness (QED) is 0.459. The summed E-state index contributed by atoms with van der Waals surface area (Å²) in [5.74, 6) is 1.05. The Kier molecular flexibility index (Phi) is 4.10. The maximum atomic E-state index is 6.36. The molecule has 4 rings (SSSR count). The standard InChI is InChI=1S/C19H16ClN5O/c1-26-17-7-6-11(21)8-16(17)24-19-23-10-14(20)18(25-19)13-9-22-15-5-3-2-4-12(13)15/h2-10,22H,21H2,1H3,(H,23,24,25). The summed E-state index contributed by atoms with van der Waals surface area (Å²) in [7, 11) is 1.59. The molecule has 0 amide bonds. The van der Waals surface area contributed by atoms with Crippen LogP contribution < -0.4 is 15.8 Å². The number of benzene rings is 2.